The summed E-state index contributed by atoms with van der Waals surface area (Å²) in [4.78, 5) is 8.23. The van der Waals surface area contributed by atoms with Gasteiger partial charge < -0.3 is 25.0 Å². The lowest BCUT2D eigenvalue weighted by Crippen LogP contribution is -2.41. The molecule has 0 aliphatic rings. The number of aryl methyl sites for hydroxylation is 1. The zero-order valence-electron chi connectivity index (χ0n) is 14.9. The molecule has 3 aromatic rings. The highest BCUT2D eigenvalue weighted by atomic mass is 35.5. The molecular formula is C19H22ClN3O4. The Hall–Kier alpha value is -2.03. The van der Waals surface area contributed by atoms with E-state index in [1.54, 1.807) is 43.5 Å². The van der Waals surface area contributed by atoms with Crippen molar-refractivity contribution in [3.63, 3.8) is 0 Å². The molecule has 0 radical (unpaired) electrons. The van der Waals surface area contributed by atoms with E-state index in [-0.39, 0.29) is 0 Å². The van der Waals surface area contributed by atoms with Crippen LogP contribution in [0.5, 0.6) is 0 Å². The average Bonchev–Trinajstić information content (AvgIpc) is 3.10. The number of halogens is 1. The summed E-state index contributed by atoms with van der Waals surface area (Å²) in [6.07, 6.45) is -2.50. The molecule has 0 saturated heterocycles. The van der Waals surface area contributed by atoms with Gasteiger partial charge in [-0.15, -0.1) is 0 Å². The highest BCUT2D eigenvalue weighted by Gasteiger charge is 2.34. The number of aromatic nitrogens is 3. The van der Waals surface area contributed by atoms with Crippen LogP contribution in [0.1, 0.15) is 30.5 Å². The molecule has 5 atom stereocenters. The van der Waals surface area contributed by atoms with Crippen LogP contribution in [0, 0.1) is 12.8 Å². The van der Waals surface area contributed by atoms with Crippen LogP contribution in [0.2, 0.25) is 5.02 Å². The maximum atomic E-state index is 10.6. The Morgan fingerprint density at radius 3 is 2.48 bits per heavy atom. The molecule has 7 nitrogen and oxygen atoms in total. The van der Waals surface area contributed by atoms with Gasteiger partial charge in [-0.1, -0.05) is 30.7 Å². The minimum atomic E-state index is -1.54. The summed E-state index contributed by atoms with van der Waals surface area (Å²) in [5.74, 6) is -0.758. The predicted molar refractivity (Wildman–Crippen MR) is 101 cm³/mol. The van der Waals surface area contributed by atoms with Gasteiger partial charge >= 0.3 is 0 Å². The molecule has 1 aromatic carbocycles. The van der Waals surface area contributed by atoms with Gasteiger partial charge in [0, 0.05) is 22.5 Å². The molecule has 4 N–H and O–H groups in total. The van der Waals surface area contributed by atoms with Crippen LogP contribution >= 0.6 is 11.6 Å². The van der Waals surface area contributed by atoms with Gasteiger partial charge in [-0.25, -0.2) is 9.97 Å². The third-order valence-corrected chi connectivity index (χ3v) is 5.11. The molecule has 2 heterocycles. The molecule has 0 aliphatic heterocycles. The van der Waals surface area contributed by atoms with Crippen molar-refractivity contribution in [2.45, 2.75) is 38.4 Å². The minimum Gasteiger partial charge on any atom is -0.390 e. The van der Waals surface area contributed by atoms with Crippen LogP contribution in [0.15, 0.2) is 42.9 Å². The second kappa shape index (κ2) is 7.92. The van der Waals surface area contributed by atoms with Crippen LogP contribution in [-0.2, 0) is 0 Å². The van der Waals surface area contributed by atoms with Crippen molar-refractivity contribution in [1.82, 2.24) is 14.5 Å². The molecule has 8 heteroatoms. The van der Waals surface area contributed by atoms with Crippen molar-refractivity contribution in [2.24, 2.45) is 5.92 Å². The van der Waals surface area contributed by atoms with Crippen molar-refractivity contribution in [3.8, 4) is 0 Å². The first-order valence-electron chi connectivity index (χ1n) is 8.57. The van der Waals surface area contributed by atoms with Crippen LogP contribution in [0.3, 0.4) is 0 Å². The van der Waals surface area contributed by atoms with Gasteiger partial charge in [0.05, 0.1) is 17.9 Å². The second-order valence-corrected chi connectivity index (χ2v) is 7.11. The van der Waals surface area contributed by atoms with Crippen molar-refractivity contribution >= 4 is 22.6 Å². The Labute approximate surface area is 161 Å². The van der Waals surface area contributed by atoms with Crippen molar-refractivity contribution < 1.29 is 20.4 Å². The summed E-state index contributed by atoms with van der Waals surface area (Å²) in [5.41, 5.74) is 1.71. The average molecular weight is 392 g/mol. The molecular weight excluding hydrogens is 370 g/mol. The van der Waals surface area contributed by atoms with Crippen LogP contribution in [-0.4, -0.2) is 47.2 Å². The minimum absolute atomic E-state index is 0.448. The van der Waals surface area contributed by atoms with Gasteiger partial charge in [-0.3, -0.25) is 0 Å². The maximum absolute atomic E-state index is 10.6. The molecule has 0 unspecified atom stereocenters. The molecule has 0 fully saturated rings. The third kappa shape index (κ3) is 3.83. The summed E-state index contributed by atoms with van der Waals surface area (Å²) >= 11 is 5.94. The van der Waals surface area contributed by atoms with Gasteiger partial charge in [0.1, 0.15) is 18.1 Å². The van der Waals surface area contributed by atoms with E-state index in [9.17, 15) is 20.4 Å². The number of benzene rings is 1. The fourth-order valence-electron chi connectivity index (χ4n) is 3.14. The molecule has 3 rings (SSSR count). The number of aliphatic hydroxyl groups is 4. The Kier molecular flexibility index (Phi) is 5.78. The zero-order valence-corrected chi connectivity index (χ0v) is 15.7. The number of rotatable bonds is 6. The van der Waals surface area contributed by atoms with Crippen LogP contribution in [0.4, 0.5) is 0 Å². The molecule has 0 aliphatic carbocycles. The molecule has 0 spiro atoms. The molecule has 144 valence electrons. The van der Waals surface area contributed by atoms with Crippen molar-refractivity contribution in [2.75, 3.05) is 0 Å². The number of nitrogens with zero attached hydrogens (tertiary/aromatic N) is 3. The fraction of sp³-hybridized carbons (Fsp3) is 0.368. The Morgan fingerprint density at radius 2 is 1.78 bits per heavy atom. The van der Waals surface area contributed by atoms with Gasteiger partial charge in [-0.05, 0) is 30.7 Å². The van der Waals surface area contributed by atoms with Crippen molar-refractivity contribution in [1.29, 1.82) is 0 Å². The Balaban J connectivity index is 1.81. The first kappa shape index (κ1) is 19.7. The first-order valence-corrected chi connectivity index (χ1v) is 8.95. The molecule has 0 saturated carbocycles. The first-order chi connectivity index (χ1) is 12.8. The zero-order chi connectivity index (χ0) is 19.7. The van der Waals surface area contributed by atoms with E-state index >= 15 is 0 Å². The monoisotopic (exact) mass is 391 g/mol. The highest BCUT2D eigenvalue weighted by molar-refractivity contribution is 6.30. The Morgan fingerprint density at radius 1 is 1.04 bits per heavy atom. The summed E-state index contributed by atoms with van der Waals surface area (Å²) in [6.45, 7) is 3.40. The molecule has 0 bridgehead atoms. The molecule has 27 heavy (non-hydrogen) atoms. The summed E-state index contributed by atoms with van der Waals surface area (Å²) < 4.78 is 1.37. The number of aliphatic hydroxyl groups excluding tert-OH is 4. The topological polar surface area (TPSA) is 112 Å². The quantitative estimate of drug-likeness (QED) is 0.511. The Bertz CT molecular complexity index is 932. The third-order valence-electron chi connectivity index (χ3n) is 4.88. The largest absolute Gasteiger partial charge is 0.390 e. The van der Waals surface area contributed by atoms with Gasteiger partial charge in [0.15, 0.2) is 6.23 Å². The fourth-order valence-corrected chi connectivity index (χ4v) is 3.34. The van der Waals surface area contributed by atoms with Crippen LogP contribution < -0.4 is 0 Å². The lowest BCUT2D eigenvalue weighted by atomic mass is 9.89. The summed E-state index contributed by atoms with van der Waals surface area (Å²) in [6, 6.07) is 8.38. The van der Waals surface area contributed by atoms with E-state index in [0.29, 0.717) is 16.2 Å². The van der Waals surface area contributed by atoms with Crippen molar-refractivity contribution in [3.05, 3.63) is 59.1 Å². The van der Waals surface area contributed by atoms with Gasteiger partial charge in [-0.2, -0.15) is 0 Å². The van der Waals surface area contributed by atoms with Gasteiger partial charge in [0.25, 0.3) is 0 Å². The van der Waals surface area contributed by atoms with E-state index in [4.69, 9.17) is 11.6 Å². The lowest BCUT2D eigenvalue weighted by Gasteiger charge is -2.31. The summed E-state index contributed by atoms with van der Waals surface area (Å²) in [7, 11) is 0. The number of fused-ring (bicyclic) bond motifs is 1. The van der Waals surface area contributed by atoms with Gasteiger partial charge in [0.2, 0.25) is 0 Å². The normalized spacial score (nSPS) is 17.4. The molecule has 0 amide bonds. The number of hydrogen-bond acceptors (Lipinski definition) is 6. The SMILES string of the molecule is Cc1ncnc2c1ccn2[C@H](O)[C@H](O)[C@H](O)[C@H](C)[C@@H](O)c1cccc(Cl)c1. The van der Waals surface area contributed by atoms with E-state index in [1.165, 1.54) is 10.9 Å². The smallest absolute Gasteiger partial charge is 0.160 e. The van der Waals surface area contributed by atoms with Crippen LogP contribution in [0.25, 0.3) is 11.0 Å². The van der Waals surface area contributed by atoms with E-state index in [1.807, 2.05) is 6.92 Å². The van der Waals surface area contributed by atoms with E-state index in [0.717, 1.165) is 11.1 Å². The highest BCUT2D eigenvalue weighted by Crippen LogP contribution is 2.30. The second-order valence-electron chi connectivity index (χ2n) is 6.67. The number of hydrogen-bond donors (Lipinski definition) is 4. The summed E-state index contributed by atoms with van der Waals surface area (Å²) in [5, 5.41) is 43.3. The molecule has 2 aromatic heterocycles. The maximum Gasteiger partial charge on any atom is 0.160 e. The standard InChI is InChI=1S/C19H22ClN3O4/c1-10(15(24)12-4-3-5-13(20)8-12)16(25)17(26)19(27)23-7-6-14-11(2)21-9-22-18(14)23/h3-10,15-17,19,24-27H,1-2H3/t10-,15-,16-,17-,19-/m1/s1. The predicted octanol–water partition coefficient (Wildman–Crippen LogP) is 1.98. The van der Waals surface area contributed by atoms with E-state index < -0.39 is 30.5 Å². The lowest BCUT2D eigenvalue weighted by molar-refractivity contribution is -0.121. The van der Waals surface area contributed by atoms with E-state index in [2.05, 4.69) is 9.97 Å².